The van der Waals surface area contributed by atoms with Crippen molar-refractivity contribution in [1.82, 2.24) is 4.90 Å². The van der Waals surface area contributed by atoms with Crippen LogP contribution in [0.3, 0.4) is 0 Å². The van der Waals surface area contributed by atoms with Crippen molar-refractivity contribution in [2.45, 2.75) is 33.7 Å². The summed E-state index contributed by atoms with van der Waals surface area (Å²) in [6.07, 6.45) is 0.868. The fourth-order valence-corrected chi connectivity index (χ4v) is 3.37. The largest absolute Gasteiger partial charge is 0.493 e. The van der Waals surface area contributed by atoms with E-state index in [0.717, 1.165) is 12.0 Å². The fraction of sp³-hybridized carbons (Fsp3) is 0.364. The number of halogens is 1. The van der Waals surface area contributed by atoms with Gasteiger partial charge >= 0.3 is 0 Å². The van der Waals surface area contributed by atoms with Crippen LogP contribution in [0, 0.1) is 0 Å². The molecular weight excluding hydrogens is 436 g/mol. The average molecular weight is 463 g/mol. The van der Waals surface area contributed by atoms with E-state index in [9.17, 15) is 9.59 Å². The Morgan fingerprint density at radius 1 is 1.17 bits per heavy atom. The summed E-state index contributed by atoms with van der Waals surface area (Å²) < 4.78 is 11.8. The average Bonchev–Trinajstić information content (AvgIpc) is 2.70. The molecule has 7 heteroatoms. The first-order valence-electron chi connectivity index (χ1n) is 9.55. The van der Waals surface area contributed by atoms with Crippen LogP contribution in [0.2, 0.25) is 0 Å². The molecule has 0 aliphatic rings. The number of rotatable bonds is 9. The molecule has 0 saturated carbocycles. The number of amides is 2. The second-order valence-electron chi connectivity index (χ2n) is 6.53. The Bertz CT molecular complexity index is 870. The third kappa shape index (κ3) is 6.22. The van der Waals surface area contributed by atoms with E-state index in [0.29, 0.717) is 46.9 Å². The highest BCUT2D eigenvalue weighted by molar-refractivity contribution is 9.10. The lowest BCUT2D eigenvalue weighted by molar-refractivity contribution is -0.129. The lowest BCUT2D eigenvalue weighted by Crippen LogP contribution is -2.27. The van der Waals surface area contributed by atoms with E-state index >= 15 is 0 Å². The first-order chi connectivity index (χ1) is 13.9. The van der Waals surface area contributed by atoms with Crippen molar-refractivity contribution in [2.24, 2.45) is 0 Å². The normalized spacial score (nSPS) is 10.4. The van der Waals surface area contributed by atoms with Crippen LogP contribution in [0.4, 0.5) is 5.69 Å². The van der Waals surface area contributed by atoms with Crippen molar-refractivity contribution in [1.29, 1.82) is 0 Å². The van der Waals surface area contributed by atoms with Gasteiger partial charge in [-0.25, -0.2) is 0 Å². The second-order valence-corrected chi connectivity index (χ2v) is 7.38. The van der Waals surface area contributed by atoms with Gasteiger partial charge in [-0.2, -0.15) is 0 Å². The molecule has 0 aliphatic heterocycles. The van der Waals surface area contributed by atoms with Gasteiger partial charge in [0.25, 0.3) is 5.91 Å². The van der Waals surface area contributed by atoms with Gasteiger partial charge in [-0.15, -0.1) is 0 Å². The number of nitrogens with one attached hydrogen (secondary N) is 1. The van der Waals surface area contributed by atoms with Crippen LogP contribution in [-0.2, 0) is 11.3 Å². The van der Waals surface area contributed by atoms with Crippen molar-refractivity contribution < 1.29 is 19.1 Å². The molecule has 29 heavy (non-hydrogen) atoms. The SMILES string of the molecule is CCCOc1c(Br)cc(C(=O)Nc2cccc(CN(CC)C(C)=O)c2)cc1OC. The monoisotopic (exact) mass is 462 g/mol. The molecule has 0 radical (unpaired) electrons. The van der Waals surface area contributed by atoms with Gasteiger partial charge in [-0.3, -0.25) is 9.59 Å². The third-order valence-electron chi connectivity index (χ3n) is 4.33. The first kappa shape index (κ1) is 22.7. The highest BCUT2D eigenvalue weighted by atomic mass is 79.9. The standard InChI is InChI=1S/C22H27BrN2O4/c1-5-10-29-21-19(23)12-17(13-20(21)28-4)22(27)24-18-9-7-8-16(11-18)14-25(6-2)15(3)26/h7-9,11-13H,5-6,10,14H2,1-4H3,(H,24,27). The Morgan fingerprint density at radius 2 is 1.93 bits per heavy atom. The van der Waals surface area contributed by atoms with E-state index in [4.69, 9.17) is 9.47 Å². The lowest BCUT2D eigenvalue weighted by Gasteiger charge is -2.19. The Labute approximate surface area is 180 Å². The number of carbonyl (C=O) groups is 2. The van der Waals surface area contributed by atoms with Crippen LogP contribution in [0.5, 0.6) is 11.5 Å². The molecule has 0 saturated heterocycles. The van der Waals surface area contributed by atoms with E-state index in [1.54, 1.807) is 31.1 Å². The number of carbonyl (C=O) groups excluding carboxylic acids is 2. The summed E-state index contributed by atoms with van der Waals surface area (Å²) >= 11 is 3.46. The van der Waals surface area contributed by atoms with Gasteiger partial charge in [0.15, 0.2) is 11.5 Å². The summed E-state index contributed by atoms with van der Waals surface area (Å²) in [5.74, 6) is 0.829. The zero-order chi connectivity index (χ0) is 21.4. The molecule has 2 rings (SSSR count). The number of methoxy groups -OCH3 is 1. The van der Waals surface area contributed by atoms with Crippen molar-refractivity contribution in [2.75, 3.05) is 25.6 Å². The van der Waals surface area contributed by atoms with Crippen LogP contribution < -0.4 is 14.8 Å². The molecular formula is C22H27BrN2O4. The summed E-state index contributed by atoms with van der Waals surface area (Å²) in [7, 11) is 1.54. The zero-order valence-electron chi connectivity index (χ0n) is 17.3. The number of hydrogen-bond donors (Lipinski definition) is 1. The summed E-state index contributed by atoms with van der Waals surface area (Å²) in [6.45, 7) is 7.19. The van der Waals surface area contributed by atoms with Gasteiger partial charge in [0.05, 0.1) is 18.2 Å². The van der Waals surface area contributed by atoms with Crippen LogP contribution in [0.1, 0.15) is 43.1 Å². The van der Waals surface area contributed by atoms with Gasteiger partial charge in [0.1, 0.15) is 0 Å². The molecule has 0 unspecified atom stereocenters. The third-order valence-corrected chi connectivity index (χ3v) is 4.92. The lowest BCUT2D eigenvalue weighted by atomic mass is 10.1. The van der Waals surface area contributed by atoms with Gasteiger partial charge in [-0.1, -0.05) is 19.1 Å². The Hall–Kier alpha value is -2.54. The number of ether oxygens (including phenoxy) is 2. The quantitative estimate of drug-likeness (QED) is 0.577. The maximum absolute atomic E-state index is 12.8. The van der Waals surface area contributed by atoms with Crippen LogP contribution >= 0.6 is 15.9 Å². The molecule has 1 N–H and O–H groups in total. The Morgan fingerprint density at radius 3 is 2.55 bits per heavy atom. The van der Waals surface area contributed by atoms with E-state index in [2.05, 4.69) is 21.2 Å². The predicted molar refractivity (Wildman–Crippen MR) is 118 cm³/mol. The minimum atomic E-state index is -0.262. The van der Waals surface area contributed by atoms with Crippen LogP contribution in [0.15, 0.2) is 40.9 Å². The number of hydrogen-bond acceptors (Lipinski definition) is 4. The maximum atomic E-state index is 12.8. The Balaban J connectivity index is 2.19. The van der Waals surface area contributed by atoms with E-state index < -0.39 is 0 Å². The van der Waals surface area contributed by atoms with Crippen molar-refractivity contribution in [3.8, 4) is 11.5 Å². The molecule has 0 atom stereocenters. The second kappa shape index (κ2) is 10.9. The number of anilines is 1. The molecule has 6 nitrogen and oxygen atoms in total. The summed E-state index contributed by atoms with van der Waals surface area (Å²) in [6, 6.07) is 10.8. The number of benzene rings is 2. The number of nitrogens with zero attached hydrogens (tertiary/aromatic N) is 1. The van der Waals surface area contributed by atoms with E-state index in [1.807, 2.05) is 38.1 Å². The summed E-state index contributed by atoms with van der Waals surface area (Å²) in [4.78, 5) is 26.1. The smallest absolute Gasteiger partial charge is 0.255 e. The van der Waals surface area contributed by atoms with Crippen molar-refractivity contribution >= 4 is 33.4 Å². The maximum Gasteiger partial charge on any atom is 0.255 e. The fourth-order valence-electron chi connectivity index (χ4n) is 2.81. The minimum absolute atomic E-state index is 0.0178. The molecule has 0 aliphatic carbocycles. The van der Waals surface area contributed by atoms with Crippen molar-refractivity contribution in [3.05, 3.63) is 52.0 Å². The highest BCUT2D eigenvalue weighted by Gasteiger charge is 2.16. The first-order valence-corrected chi connectivity index (χ1v) is 10.3. The molecule has 2 amide bonds. The molecule has 156 valence electrons. The molecule has 0 heterocycles. The molecule has 0 spiro atoms. The molecule has 0 bridgehead atoms. The molecule has 0 fully saturated rings. The highest BCUT2D eigenvalue weighted by Crippen LogP contribution is 2.37. The van der Waals surface area contributed by atoms with Crippen LogP contribution in [0.25, 0.3) is 0 Å². The Kier molecular flexibility index (Phi) is 8.51. The zero-order valence-corrected chi connectivity index (χ0v) is 18.8. The summed E-state index contributed by atoms with van der Waals surface area (Å²) in [5, 5.41) is 2.90. The van der Waals surface area contributed by atoms with Gasteiger partial charge < -0.3 is 19.7 Å². The topological polar surface area (TPSA) is 67.9 Å². The predicted octanol–water partition coefficient (Wildman–Crippen LogP) is 4.87. The van der Waals surface area contributed by atoms with E-state index in [-0.39, 0.29) is 11.8 Å². The van der Waals surface area contributed by atoms with Crippen molar-refractivity contribution in [3.63, 3.8) is 0 Å². The summed E-state index contributed by atoms with van der Waals surface area (Å²) in [5.41, 5.74) is 2.05. The van der Waals surface area contributed by atoms with Gasteiger partial charge in [0, 0.05) is 31.3 Å². The van der Waals surface area contributed by atoms with Gasteiger partial charge in [-0.05, 0) is 59.1 Å². The molecule has 2 aromatic carbocycles. The molecule has 0 aromatic heterocycles. The van der Waals surface area contributed by atoms with Crippen LogP contribution in [-0.4, -0.2) is 37.0 Å². The molecule has 2 aromatic rings. The minimum Gasteiger partial charge on any atom is -0.493 e. The van der Waals surface area contributed by atoms with Gasteiger partial charge in [0.2, 0.25) is 5.91 Å². The van der Waals surface area contributed by atoms with E-state index in [1.165, 1.54) is 0 Å².